The molecule has 6 heteroatoms. The fourth-order valence-electron chi connectivity index (χ4n) is 3.22. The summed E-state index contributed by atoms with van der Waals surface area (Å²) in [6.07, 6.45) is 13.6. The van der Waals surface area contributed by atoms with E-state index >= 15 is 0 Å². The molecule has 0 amide bonds. The zero-order valence-corrected chi connectivity index (χ0v) is 17.8. The van der Waals surface area contributed by atoms with E-state index in [0.717, 1.165) is 70.9 Å². The molecule has 0 aromatic heterocycles. The van der Waals surface area contributed by atoms with Crippen LogP contribution >= 0.6 is 0 Å². The van der Waals surface area contributed by atoms with Gasteiger partial charge in [0.15, 0.2) is 0 Å². The molecule has 30 heavy (non-hydrogen) atoms. The van der Waals surface area contributed by atoms with Gasteiger partial charge in [-0.1, -0.05) is 42.5 Å². The Hall–Kier alpha value is -2.41. The van der Waals surface area contributed by atoms with Gasteiger partial charge in [-0.2, -0.15) is 0 Å². The Bertz CT molecular complexity index is 760. The molecule has 0 spiro atoms. The van der Waals surface area contributed by atoms with Crippen LogP contribution in [-0.2, 0) is 6.54 Å². The maximum absolute atomic E-state index is 4.56. The van der Waals surface area contributed by atoms with E-state index in [0.29, 0.717) is 5.92 Å². The number of benzene rings is 1. The molecule has 160 valence electrons. The van der Waals surface area contributed by atoms with Gasteiger partial charge >= 0.3 is 0 Å². The maximum Gasteiger partial charge on any atom is 0.0514 e. The standard InChI is InChI=1S/C24H34N6/c1-2-22-4-3-21(1)17-27-13-9-25-11-15-29-19-23-5-7-24(8-6-23)20-30-16-12-26-10-14-28-18-22/h1-7,17,19-20,24-26,28H,8-16,18H2/b27-17+,29-19+,30-20+. The van der Waals surface area contributed by atoms with Crippen molar-refractivity contribution in [2.45, 2.75) is 13.0 Å². The summed E-state index contributed by atoms with van der Waals surface area (Å²) in [5.74, 6) is 0.399. The quantitative estimate of drug-likeness (QED) is 0.617. The van der Waals surface area contributed by atoms with Crippen molar-refractivity contribution in [1.82, 2.24) is 16.0 Å². The van der Waals surface area contributed by atoms with Crippen molar-refractivity contribution in [3.8, 4) is 0 Å². The molecule has 1 unspecified atom stereocenters. The summed E-state index contributed by atoms with van der Waals surface area (Å²) in [5, 5.41) is 10.3. The molecule has 0 fully saturated rings. The first-order valence-electron chi connectivity index (χ1n) is 11.0. The zero-order valence-electron chi connectivity index (χ0n) is 17.8. The second-order valence-electron chi connectivity index (χ2n) is 7.51. The van der Waals surface area contributed by atoms with Crippen molar-refractivity contribution in [3.63, 3.8) is 0 Å². The van der Waals surface area contributed by atoms with Crippen molar-refractivity contribution >= 4 is 18.6 Å². The van der Waals surface area contributed by atoms with E-state index in [1.165, 1.54) is 11.1 Å². The summed E-state index contributed by atoms with van der Waals surface area (Å²) in [5.41, 5.74) is 3.62. The van der Waals surface area contributed by atoms with E-state index in [4.69, 9.17) is 0 Å². The summed E-state index contributed by atoms with van der Waals surface area (Å²) < 4.78 is 0. The van der Waals surface area contributed by atoms with Crippen LogP contribution in [0.15, 0.2) is 63.0 Å². The molecule has 1 aromatic carbocycles. The topological polar surface area (TPSA) is 73.2 Å². The lowest BCUT2D eigenvalue weighted by molar-refractivity contribution is 0.615. The van der Waals surface area contributed by atoms with Gasteiger partial charge in [0.1, 0.15) is 0 Å². The molecule has 3 N–H and O–H groups in total. The predicted octanol–water partition coefficient (Wildman–Crippen LogP) is 2.03. The smallest absolute Gasteiger partial charge is 0.0514 e. The highest BCUT2D eigenvalue weighted by molar-refractivity contribution is 5.83. The molecular weight excluding hydrogens is 372 g/mol. The molecule has 4 bridgehead atoms. The first-order valence-corrected chi connectivity index (χ1v) is 11.0. The zero-order chi connectivity index (χ0) is 20.7. The average Bonchev–Trinajstić information content (AvgIpc) is 2.78. The van der Waals surface area contributed by atoms with Crippen LogP contribution in [-0.4, -0.2) is 71.0 Å². The van der Waals surface area contributed by atoms with Crippen LogP contribution in [0.4, 0.5) is 0 Å². The van der Waals surface area contributed by atoms with Gasteiger partial charge < -0.3 is 16.0 Å². The van der Waals surface area contributed by atoms with Crippen molar-refractivity contribution in [3.05, 3.63) is 59.2 Å². The molecule has 4 heterocycles. The van der Waals surface area contributed by atoms with E-state index < -0.39 is 0 Å². The normalized spacial score (nSPS) is 25.5. The SMILES string of the molecule is C1=CC2/C=N/CCNCCNCc3ccc(cc3)/C=N/CCNCC/N=C/C1=CC2. The predicted molar refractivity (Wildman–Crippen MR) is 128 cm³/mol. The Morgan fingerprint density at radius 2 is 1.43 bits per heavy atom. The number of hydrogen-bond acceptors (Lipinski definition) is 6. The van der Waals surface area contributed by atoms with Gasteiger partial charge in [-0.25, -0.2) is 0 Å². The second-order valence-corrected chi connectivity index (χ2v) is 7.51. The van der Waals surface area contributed by atoms with Crippen LogP contribution in [0.5, 0.6) is 0 Å². The second kappa shape index (κ2) is 13.7. The number of nitrogens with one attached hydrogen (secondary N) is 3. The highest BCUT2D eigenvalue weighted by Crippen LogP contribution is 2.13. The summed E-state index contributed by atoms with van der Waals surface area (Å²) in [4.78, 5) is 13.6. The summed E-state index contributed by atoms with van der Waals surface area (Å²) in [6, 6.07) is 8.57. The van der Waals surface area contributed by atoms with Crippen LogP contribution in [0.3, 0.4) is 0 Å². The number of allylic oxidation sites excluding steroid dienone is 4. The minimum atomic E-state index is 0.399. The molecule has 1 atom stereocenters. The van der Waals surface area contributed by atoms with Crippen molar-refractivity contribution in [2.75, 3.05) is 52.4 Å². The highest BCUT2D eigenvalue weighted by atomic mass is 15.0. The van der Waals surface area contributed by atoms with Crippen LogP contribution in [0.1, 0.15) is 17.5 Å². The molecule has 1 aliphatic carbocycles. The first kappa shape index (κ1) is 22.3. The van der Waals surface area contributed by atoms with E-state index in [2.05, 4.69) is 79.6 Å². The highest BCUT2D eigenvalue weighted by Gasteiger charge is 2.04. The largest absolute Gasteiger partial charge is 0.314 e. The number of hydrogen-bond donors (Lipinski definition) is 3. The van der Waals surface area contributed by atoms with Crippen LogP contribution in [0, 0.1) is 5.92 Å². The Balaban J connectivity index is 1.48. The molecule has 5 aliphatic rings. The van der Waals surface area contributed by atoms with Crippen LogP contribution in [0.2, 0.25) is 0 Å². The Kier molecular flexibility index (Phi) is 10.2. The molecule has 6 nitrogen and oxygen atoms in total. The lowest BCUT2D eigenvalue weighted by atomic mass is 9.98. The van der Waals surface area contributed by atoms with Gasteiger partial charge in [-0.05, 0) is 23.1 Å². The molecule has 0 radical (unpaired) electrons. The summed E-state index contributed by atoms with van der Waals surface area (Å²) >= 11 is 0. The maximum atomic E-state index is 4.56. The van der Waals surface area contributed by atoms with Crippen molar-refractivity contribution < 1.29 is 0 Å². The van der Waals surface area contributed by atoms with Gasteiger partial charge in [0.25, 0.3) is 0 Å². The molecule has 1 aromatic rings. The Labute approximate surface area is 180 Å². The van der Waals surface area contributed by atoms with Crippen molar-refractivity contribution in [2.24, 2.45) is 20.9 Å². The Morgan fingerprint density at radius 3 is 2.20 bits per heavy atom. The van der Waals surface area contributed by atoms with Gasteiger partial charge in [-0.3, -0.25) is 15.0 Å². The van der Waals surface area contributed by atoms with Gasteiger partial charge in [-0.15, -0.1) is 0 Å². The third-order valence-corrected chi connectivity index (χ3v) is 4.98. The molecule has 0 saturated carbocycles. The lowest BCUT2D eigenvalue weighted by Gasteiger charge is -2.10. The summed E-state index contributed by atoms with van der Waals surface area (Å²) in [6.45, 7) is 7.79. The number of aliphatic imine (C=N–C) groups is 3. The monoisotopic (exact) mass is 406 g/mol. The Morgan fingerprint density at radius 1 is 0.733 bits per heavy atom. The van der Waals surface area contributed by atoms with E-state index in [1.807, 2.05) is 12.4 Å². The van der Waals surface area contributed by atoms with Gasteiger partial charge in [0.05, 0.1) is 19.6 Å². The van der Waals surface area contributed by atoms with Crippen LogP contribution in [0.25, 0.3) is 0 Å². The summed E-state index contributed by atoms with van der Waals surface area (Å²) in [7, 11) is 0. The van der Waals surface area contributed by atoms with E-state index in [-0.39, 0.29) is 0 Å². The van der Waals surface area contributed by atoms with Crippen molar-refractivity contribution in [1.29, 1.82) is 0 Å². The molecular formula is C24H34N6. The molecule has 0 saturated heterocycles. The third kappa shape index (κ3) is 8.95. The minimum absolute atomic E-state index is 0.399. The third-order valence-electron chi connectivity index (χ3n) is 4.98. The number of nitrogens with zero attached hydrogens (tertiary/aromatic N) is 3. The lowest BCUT2D eigenvalue weighted by Crippen LogP contribution is -2.28. The van der Waals surface area contributed by atoms with Gasteiger partial charge in [0, 0.05) is 63.8 Å². The first-order chi connectivity index (χ1) is 14.9. The molecule has 6 rings (SSSR count). The fraction of sp³-hybridized carbons (Fsp3) is 0.458. The minimum Gasteiger partial charge on any atom is -0.314 e. The fourth-order valence-corrected chi connectivity index (χ4v) is 3.22. The van der Waals surface area contributed by atoms with Crippen LogP contribution < -0.4 is 16.0 Å². The number of rotatable bonds is 0. The van der Waals surface area contributed by atoms with Gasteiger partial charge in [0.2, 0.25) is 0 Å². The van der Waals surface area contributed by atoms with E-state index in [1.54, 1.807) is 0 Å². The van der Waals surface area contributed by atoms with E-state index in [9.17, 15) is 0 Å². The molecule has 4 aliphatic heterocycles. The average molecular weight is 407 g/mol.